The van der Waals surface area contributed by atoms with E-state index in [9.17, 15) is 9.59 Å². The van der Waals surface area contributed by atoms with Crippen LogP contribution in [0.4, 0.5) is 5.69 Å². The Hall–Kier alpha value is -2.41. The molecule has 0 N–H and O–H groups in total. The standard InChI is InChI=1S/C21H20ClN3O3/c1-28-16-8-6-13(7-9-16)18-17-19(24-11-3-10-23(18)24)21(27)25(20(17)26)15-5-2-4-14(22)12-15/h2,4-9,12,17-19H,3,10-11H2,1H3/t17-,18-,19+/m0/s1. The molecule has 6 nitrogen and oxygen atoms in total. The van der Waals surface area contributed by atoms with Crippen LogP contribution in [0.25, 0.3) is 0 Å². The summed E-state index contributed by atoms with van der Waals surface area (Å²) in [6.07, 6.45) is 0.981. The van der Waals surface area contributed by atoms with Gasteiger partial charge < -0.3 is 4.74 Å². The van der Waals surface area contributed by atoms with Crippen molar-refractivity contribution >= 4 is 29.1 Å². The van der Waals surface area contributed by atoms with E-state index in [1.165, 1.54) is 4.90 Å². The van der Waals surface area contributed by atoms with Gasteiger partial charge in [-0.05, 0) is 42.3 Å². The number of benzene rings is 2. The number of methoxy groups -OCH3 is 1. The fourth-order valence-electron chi connectivity index (χ4n) is 4.78. The molecule has 0 unspecified atom stereocenters. The van der Waals surface area contributed by atoms with E-state index in [2.05, 4.69) is 10.0 Å². The lowest BCUT2D eigenvalue weighted by Crippen LogP contribution is -2.44. The van der Waals surface area contributed by atoms with Gasteiger partial charge in [-0.2, -0.15) is 0 Å². The highest BCUT2D eigenvalue weighted by Gasteiger charge is 2.62. The molecule has 28 heavy (non-hydrogen) atoms. The lowest BCUT2D eigenvalue weighted by Gasteiger charge is -2.29. The Morgan fingerprint density at radius 2 is 1.68 bits per heavy atom. The number of carbonyl (C=O) groups is 2. The summed E-state index contributed by atoms with van der Waals surface area (Å²) in [6, 6.07) is 14.1. The Balaban J connectivity index is 1.56. The molecule has 0 bridgehead atoms. The van der Waals surface area contributed by atoms with Gasteiger partial charge in [0.15, 0.2) is 0 Å². The lowest BCUT2D eigenvalue weighted by molar-refractivity contribution is -0.126. The van der Waals surface area contributed by atoms with Crippen LogP contribution in [0, 0.1) is 5.92 Å². The van der Waals surface area contributed by atoms with Gasteiger partial charge in [0.1, 0.15) is 11.8 Å². The molecular weight excluding hydrogens is 378 g/mol. The summed E-state index contributed by atoms with van der Waals surface area (Å²) < 4.78 is 5.26. The van der Waals surface area contributed by atoms with Crippen LogP contribution in [0.1, 0.15) is 18.0 Å². The number of amides is 2. The van der Waals surface area contributed by atoms with Gasteiger partial charge in [0.25, 0.3) is 5.91 Å². The average Bonchev–Trinajstić information content (AvgIpc) is 3.34. The van der Waals surface area contributed by atoms with Crippen molar-refractivity contribution in [1.29, 1.82) is 0 Å². The van der Waals surface area contributed by atoms with E-state index in [4.69, 9.17) is 16.3 Å². The molecule has 144 valence electrons. The molecule has 7 heteroatoms. The number of hydrogen-bond acceptors (Lipinski definition) is 5. The first-order chi connectivity index (χ1) is 13.6. The molecular formula is C21H20ClN3O3. The van der Waals surface area contributed by atoms with Crippen molar-refractivity contribution in [1.82, 2.24) is 10.0 Å². The molecule has 0 radical (unpaired) electrons. The highest BCUT2D eigenvalue weighted by molar-refractivity contribution is 6.31. The zero-order valence-electron chi connectivity index (χ0n) is 15.4. The van der Waals surface area contributed by atoms with Gasteiger partial charge in [-0.1, -0.05) is 29.8 Å². The van der Waals surface area contributed by atoms with E-state index in [0.717, 1.165) is 30.8 Å². The first kappa shape index (κ1) is 17.7. The van der Waals surface area contributed by atoms with Gasteiger partial charge in [-0.3, -0.25) is 9.59 Å². The van der Waals surface area contributed by atoms with Crippen molar-refractivity contribution in [2.45, 2.75) is 18.5 Å². The van der Waals surface area contributed by atoms with Gasteiger partial charge >= 0.3 is 0 Å². The van der Waals surface area contributed by atoms with E-state index in [1.807, 2.05) is 24.3 Å². The average molecular weight is 398 g/mol. The molecule has 3 heterocycles. The minimum Gasteiger partial charge on any atom is -0.497 e. The number of halogens is 1. The summed E-state index contributed by atoms with van der Waals surface area (Å²) in [5.74, 6) is 0.0128. The van der Waals surface area contributed by atoms with Gasteiger partial charge in [0, 0.05) is 18.1 Å². The van der Waals surface area contributed by atoms with Crippen LogP contribution in [0.3, 0.4) is 0 Å². The Bertz CT molecular complexity index is 948. The zero-order valence-corrected chi connectivity index (χ0v) is 16.2. The van der Waals surface area contributed by atoms with Gasteiger partial charge in [0.2, 0.25) is 5.91 Å². The molecule has 3 fully saturated rings. The van der Waals surface area contributed by atoms with Crippen LogP contribution >= 0.6 is 11.6 Å². The lowest BCUT2D eigenvalue weighted by atomic mass is 9.90. The van der Waals surface area contributed by atoms with Crippen LogP contribution < -0.4 is 9.64 Å². The van der Waals surface area contributed by atoms with Crippen LogP contribution in [0.2, 0.25) is 5.02 Å². The van der Waals surface area contributed by atoms with E-state index in [-0.39, 0.29) is 17.9 Å². The molecule has 0 aliphatic carbocycles. The van der Waals surface area contributed by atoms with E-state index < -0.39 is 12.0 Å². The van der Waals surface area contributed by atoms with Crippen molar-refractivity contribution < 1.29 is 14.3 Å². The second-order valence-corrected chi connectivity index (χ2v) is 7.80. The summed E-state index contributed by atoms with van der Waals surface area (Å²) in [4.78, 5) is 28.0. The number of rotatable bonds is 3. The molecule has 2 aromatic carbocycles. The Morgan fingerprint density at radius 1 is 0.964 bits per heavy atom. The number of imide groups is 1. The molecule has 0 spiro atoms. The number of carbonyl (C=O) groups excluding carboxylic acids is 2. The highest BCUT2D eigenvalue weighted by Crippen LogP contribution is 2.49. The zero-order chi connectivity index (χ0) is 19.4. The summed E-state index contributed by atoms with van der Waals surface area (Å²) in [5, 5.41) is 4.79. The van der Waals surface area contributed by atoms with Crippen LogP contribution in [-0.2, 0) is 9.59 Å². The monoisotopic (exact) mass is 397 g/mol. The molecule has 2 amide bonds. The molecule has 0 aromatic heterocycles. The molecule has 3 saturated heterocycles. The number of ether oxygens (including phenoxy) is 1. The fourth-order valence-corrected chi connectivity index (χ4v) is 4.97. The predicted molar refractivity (Wildman–Crippen MR) is 105 cm³/mol. The first-order valence-corrected chi connectivity index (χ1v) is 9.78. The molecule has 3 atom stereocenters. The number of fused-ring (bicyclic) bond motifs is 3. The highest BCUT2D eigenvalue weighted by atomic mass is 35.5. The first-order valence-electron chi connectivity index (χ1n) is 9.40. The minimum absolute atomic E-state index is 0.154. The number of hydrogen-bond donors (Lipinski definition) is 0. The van der Waals surface area contributed by atoms with Crippen LogP contribution in [0.5, 0.6) is 5.75 Å². The summed E-state index contributed by atoms with van der Waals surface area (Å²) in [6.45, 7) is 1.64. The quantitative estimate of drug-likeness (QED) is 0.745. The van der Waals surface area contributed by atoms with Crippen molar-refractivity contribution in [2.75, 3.05) is 25.1 Å². The second kappa shape index (κ2) is 6.58. The second-order valence-electron chi connectivity index (χ2n) is 7.36. The largest absolute Gasteiger partial charge is 0.497 e. The van der Waals surface area contributed by atoms with Crippen LogP contribution in [0.15, 0.2) is 48.5 Å². The summed E-state index contributed by atoms with van der Waals surface area (Å²) in [7, 11) is 1.63. The molecule has 3 aliphatic rings. The van der Waals surface area contributed by atoms with Gasteiger partial charge in [-0.25, -0.2) is 14.9 Å². The summed E-state index contributed by atoms with van der Waals surface area (Å²) >= 11 is 6.10. The maximum absolute atomic E-state index is 13.4. The molecule has 5 rings (SSSR count). The Labute approximate surface area is 168 Å². The van der Waals surface area contributed by atoms with Crippen molar-refractivity contribution in [3.63, 3.8) is 0 Å². The van der Waals surface area contributed by atoms with E-state index in [0.29, 0.717) is 10.7 Å². The minimum atomic E-state index is -0.457. The number of anilines is 1. The Kier molecular flexibility index (Phi) is 4.16. The van der Waals surface area contributed by atoms with Crippen molar-refractivity contribution in [3.8, 4) is 5.75 Å². The van der Waals surface area contributed by atoms with Gasteiger partial charge in [0.05, 0.1) is 24.8 Å². The topological polar surface area (TPSA) is 53.1 Å². The normalized spacial score (nSPS) is 27.4. The van der Waals surface area contributed by atoms with E-state index in [1.54, 1.807) is 31.4 Å². The third-order valence-corrected chi connectivity index (χ3v) is 6.16. The predicted octanol–water partition coefficient (Wildman–Crippen LogP) is 2.88. The maximum Gasteiger partial charge on any atom is 0.253 e. The third kappa shape index (κ3) is 2.49. The fraction of sp³-hybridized carbons (Fsp3) is 0.333. The number of hydrazine groups is 1. The molecule has 3 aliphatic heterocycles. The summed E-state index contributed by atoms with van der Waals surface area (Å²) in [5.41, 5.74) is 1.56. The van der Waals surface area contributed by atoms with Crippen LogP contribution in [-0.4, -0.2) is 48.1 Å². The number of nitrogens with zero attached hydrogens (tertiary/aromatic N) is 3. The van der Waals surface area contributed by atoms with E-state index >= 15 is 0 Å². The molecule has 2 aromatic rings. The SMILES string of the molecule is COc1ccc([C@H]2[C@@H]3C(=O)N(c4cccc(Cl)c4)C(=O)[C@@H]3N3CCCN23)cc1. The smallest absolute Gasteiger partial charge is 0.253 e. The Morgan fingerprint density at radius 3 is 2.36 bits per heavy atom. The maximum atomic E-state index is 13.4. The van der Waals surface area contributed by atoms with Gasteiger partial charge in [-0.15, -0.1) is 0 Å². The molecule has 0 saturated carbocycles. The van der Waals surface area contributed by atoms with Crippen molar-refractivity contribution in [3.05, 3.63) is 59.1 Å². The van der Waals surface area contributed by atoms with Crippen molar-refractivity contribution in [2.24, 2.45) is 5.92 Å². The third-order valence-electron chi connectivity index (χ3n) is 5.93.